The van der Waals surface area contributed by atoms with Gasteiger partial charge in [0.1, 0.15) is 5.75 Å². The van der Waals surface area contributed by atoms with Crippen molar-refractivity contribution >= 4 is 18.2 Å². The maximum atomic E-state index is 12.0. The molecule has 0 spiro atoms. The Balaban J connectivity index is 1.93. The van der Waals surface area contributed by atoms with Crippen LogP contribution in [0, 0.1) is 0 Å². The molecule has 1 aromatic heterocycles. The predicted octanol–water partition coefficient (Wildman–Crippen LogP) is 3.14. The summed E-state index contributed by atoms with van der Waals surface area (Å²) >= 11 is 0. The molecule has 0 bridgehead atoms. The van der Waals surface area contributed by atoms with Crippen LogP contribution in [0.1, 0.15) is 42.5 Å². The van der Waals surface area contributed by atoms with Crippen molar-refractivity contribution in [2.75, 3.05) is 7.11 Å². The van der Waals surface area contributed by atoms with Crippen LogP contribution in [0.4, 0.5) is 0 Å². The van der Waals surface area contributed by atoms with E-state index in [0.29, 0.717) is 5.69 Å². The quantitative estimate of drug-likeness (QED) is 0.654. The second kappa shape index (κ2) is 7.59. The molecule has 0 aliphatic carbocycles. The monoisotopic (exact) mass is 326 g/mol. The smallest absolute Gasteiger partial charge is 0.291 e. The van der Waals surface area contributed by atoms with Crippen LogP contribution >= 0.6 is 0 Å². The summed E-state index contributed by atoms with van der Waals surface area (Å²) in [7, 11) is 1.62. The van der Waals surface area contributed by atoms with Gasteiger partial charge in [-0.1, -0.05) is 39.0 Å². The highest BCUT2D eigenvalue weighted by molar-refractivity contribution is 5.93. The molecule has 2 N–H and O–H groups in total. The van der Waals surface area contributed by atoms with Gasteiger partial charge in [0, 0.05) is 22.9 Å². The molecule has 6 heteroatoms. The number of nitrogens with zero attached hydrogens (tertiary/aromatic N) is 2. The van der Waals surface area contributed by atoms with E-state index in [2.05, 4.69) is 20.7 Å². The van der Waals surface area contributed by atoms with E-state index < -0.39 is 0 Å². The fourth-order valence-corrected chi connectivity index (χ4v) is 1.97. The van der Waals surface area contributed by atoms with Crippen molar-refractivity contribution in [3.05, 3.63) is 53.4 Å². The average Bonchev–Trinajstić information content (AvgIpc) is 3.05. The molecule has 0 unspecified atom stereocenters. The number of nitrogens with one attached hydrogen (secondary N) is 2. The van der Waals surface area contributed by atoms with Crippen LogP contribution in [-0.2, 0) is 5.41 Å². The lowest BCUT2D eigenvalue weighted by Crippen LogP contribution is -2.17. The van der Waals surface area contributed by atoms with Gasteiger partial charge < -0.3 is 4.74 Å². The topological polar surface area (TPSA) is 79.4 Å². The first-order chi connectivity index (χ1) is 11.4. The van der Waals surface area contributed by atoms with E-state index >= 15 is 0 Å². The molecule has 2 aromatic rings. The van der Waals surface area contributed by atoms with Crippen LogP contribution in [0.3, 0.4) is 0 Å². The standard InChI is InChI=1S/C18H22N4O2/c1-18(2,3)16-12-14(20-21-16)17(23)22-19-11-7-9-13-8-5-6-10-15(13)24-4/h5-12H,1-4H3,(H,20,21)(H,22,23). The van der Waals surface area contributed by atoms with E-state index in [4.69, 9.17) is 4.74 Å². The lowest BCUT2D eigenvalue weighted by Gasteiger charge is -2.14. The molecule has 126 valence electrons. The number of methoxy groups -OCH3 is 1. The van der Waals surface area contributed by atoms with Gasteiger partial charge in [-0.05, 0) is 24.3 Å². The molecular formula is C18H22N4O2. The van der Waals surface area contributed by atoms with Gasteiger partial charge in [0.25, 0.3) is 5.91 Å². The summed E-state index contributed by atoms with van der Waals surface area (Å²) in [4.78, 5) is 12.0. The highest BCUT2D eigenvalue weighted by Crippen LogP contribution is 2.20. The molecule has 0 saturated heterocycles. The van der Waals surface area contributed by atoms with Crippen LogP contribution in [0.5, 0.6) is 5.75 Å². The van der Waals surface area contributed by atoms with Crippen LogP contribution in [0.15, 0.2) is 41.5 Å². The fourth-order valence-electron chi connectivity index (χ4n) is 1.97. The first-order valence-corrected chi connectivity index (χ1v) is 7.61. The maximum Gasteiger partial charge on any atom is 0.291 e. The third-order valence-corrected chi connectivity index (χ3v) is 3.36. The highest BCUT2D eigenvalue weighted by Gasteiger charge is 2.18. The van der Waals surface area contributed by atoms with Gasteiger partial charge in [0.15, 0.2) is 5.69 Å². The van der Waals surface area contributed by atoms with Crippen molar-refractivity contribution < 1.29 is 9.53 Å². The second-order valence-electron chi connectivity index (χ2n) is 6.24. The zero-order valence-electron chi connectivity index (χ0n) is 14.3. The summed E-state index contributed by atoms with van der Waals surface area (Å²) in [6, 6.07) is 9.36. The molecule has 2 rings (SSSR count). The van der Waals surface area contributed by atoms with E-state index in [1.54, 1.807) is 19.3 Å². The van der Waals surface area contributed by atoms with E-state index in [1.165, 1.54) is 6.21 Å². The average molecular weight is 326 g/mol. The number of carbonyl (C=O) groups is 1. The van der Waals surface area contributed by atoms with Gasteiger partial charge in [-0.15, -0.1) is 0 Å². The van der Waals surface area contributed by atoms with Gasteiger partial charge in [0.05, 0.1) is 7.11 Å². The van der Waals surface area contributed by atoms with Crippen molar-refractivity contribution in [2.45, 2.75) is 26.2 Å². The number of aromatic amines is 1. The summed E-state index contributed by atoms with van der Waals surface area (Å²) in [5.41, 5.74) is 4.49. The molecule has 6 nitrogen and oxygen atoms in total. The molecule has 0 fully saturated rings. The summed E-state index contributed by atoms with van der Waals surface area (Å²) in [5.74, 6) is 0.418. The minimum Gasteiger partial charge on any atom is -0.496 e. The van der Waals surface area contributed by atoms with E-state index in [-0.39, 0.29) is 11.3 Å². The fraction of sp³-hybridized carbons (Fsp3) is 0.278. The minimum absolute atomic E-state index is 0.0910. The largest absolute Gasteiger partial charge is 0.496 e. The van der Waals surface area contributed by atoms with Gasteiger partial charge in [-0.2, -0.15) is 10.2 Å². The second-order valence-corrected chi connectivity index (χ2v) is 6.24. The number of hydrogen-bond acceptors (Lipinski definition) is 4. The Morgan fingerprint density at radius 2 is 2.08 bits per heavy atom. The van der Waals surface area contributed by atoms with Crippen molar-refractivity contribution in [1.82, 2.24) is 15.6 Å². The molecule has 1 amide bonds. The molecule has 0 aliphatic rings. The third kappa shape index (κ3) is 4.55. The zero-order valence-corrected chi connectivity index (χ0v) is 14.3. The molecule has 1 aromatic carbocycles. The number of rotatable bonds is 5. The van der Waals surface area contributed by atoms with Crippen molar-refractivity contribution in [3.63, 3.8) is 0 Å². The Hall–Kier alpha value is -2.89. The zero-order chi connectivity index (χ0) is 17.6. The van der Waals surface area contributed by atoms with E-state index in [0.717, 1.165) is 17.0 Å². The lowest BCUT2D eigenvalue weighted by atomic mass is 9.92. The molecular weight excluding hydrogens is 304 g/mol. The van der Waals surface area contributed by atoms with Crippen LogP contribution in [-0.4, -0.2) is 29.4 Å². The maximum absolute atomic E-state index is 12.0. The Morgan fingerprint density at radius 1 is 1.33 bits per heavy atom. The summed E-state index contributed by atoms with van der Waals surface area (Å²) in [6.45, 7) is 6.13. The molecule has 0 saturated carbocycles. The van der Waals surface area contributed by atoms with Crippen molar-refractivity contribution in [2.24, 2.45) is 5.10 Å². The number of benzene rings is 1. The number of aromatic nitrogens is 2. The number of hydrogen-bond donors (Lipinski definition) is 2. The predicted molar refractivity (Wildman–Crippen MR) is 95.3 cm³/mol. The van der Waals surface area contributed by atoms with Gasteiger partial charge in [-0.3, -0.25) is 9.89 Å². The SMILES string of the molecule is COc1ccccc1C=CC=NNC(=O)c1cc(C(C)(C)C)[nH]n1. The number of ether oxygens (including phenoxy) is 1. The van der Waals surface area contributed by atoms with Crippen LogP contribution in [0.2, 0.25) is 0 Å². The lowest BCUT2D eigenvalue weighted by molar-refractivity contribution is 0.0950. The minimum atomic E-state index is -0.358. The summed E-state index contributed by atoms with van der Waals surface area (Å²) in [6.07, 6.45) is 5.08. The van der Waals surface area contributed by atoms with E-state index in [1.807, 2.05) is 51.1 Å². The van der Waals surface area contributed by atoms with Crippen molar-refractivity contribution in [1.29, 1.82) is 0 Å². The van der Waals surface area contributed by atoms with Gasteiger partial charge in [-0.25, -0.2) is 5.43 Å². The number of carbonyl (C=O) groups excluding carboxylic acids is 1. The van der Waals surface area contributed by atoms with E-state index in [9.17, 15) is 4.79 Å². The molecule has 1 heterocycles. The summed E-state index contributed by atoms with van der Waals surface area (Å²) < 4.78 is 5.25. The Labute approximate surface area is 141 Å². The Morgan fingerprint density at radius 3 is 2.75 bits per heavy atom. The van der Waals surface area contributed by atoms with Gasteiger partial charge in [0.2, 0.25) is 0 Å². The van der Waals surface area contributed by atoms with Crippen LogP contribution in [0.25, 0.3) is 6.08 Å². The first-order valence-electron chi connectivity index (χ1n) is 7.61. The van der Waals surface area contributed by atoms with Crippen LogP contribution < -0.4 is 10.2 Å². The number of amides is 1. The molecule has 0 radical (unpaired) electrons. The summed E-state index contributed by atoms with van der Waals surface area (Å²) in [5, 5.41) is 10.8. The van der Waals surface area contributed by atoms with Gasteiger partial charge >= 0.3 is 0 Å². The normalized spacial score (nSPS) is 12.0. The Bertz CT molecular complexity index is 754. The molecule has 24 heavy (non-hydrogen) atoms. The number of para-hydroxylation sites is 1. The highest BCUT2D eigenvalue weighted by atomic mass is 16.5. The molecule has 0 atom stereocenters. The Kier molecular flexibility index (Phi) is 5.52. The number of H-pyrrole nitrogens is 1. The first kappa shape index (κ1) is 17.5. The third-order valence-electron chi connectivity index (χ3n) is 3.36. The molecule has 0 aliphatic heterocycles. The van der Waals surface area contributed by atoms with Crippen molar-refractivity contribution in [3.8, 4) is 5.75 Å². The number of hydrazone groups is 1. The number of allylic oxidation sites excluding steroid dienone is 1.